The second kappa shape index (κ2) is 22.7. The maximum absolute atomic E-state index is 14.2. The summed E-state index contributed by atoms with van der Waals surface area (Å²) in [5.41, 5.74) is 8.69. The Morgan fingerprint density at radius 3 is 1.49 bits per heavy atom. The molecule has 0 spiro atoms. The normalized spacial score (nSPS) is 12.3. The molecular weight excluding hydrogens is 544 g/mol. The van der Waals surface area contributed by atoms with Crippen LogP contribution in [0.15, 0.2) is 5.11 Å². The predicted octanol–water partition coefficient (Wildman–Crippen LogP) is 9.51. The molecule has 0 aromatic rings. The van der Waals surface area contributed by atoms with Crippen LogP contribution in [-0.2, 0) is 36.8 Å². The highest BCUT2D eigenvalue weighted by Crippen LogP contribution is 2.79. The van der Waals surface area contributed by atoms with Gasteiger partial charge in [0.05, 0.1) is 26.4 Å². The molecule has 0 aromatic heterocycles. The first-order chi connectivity index (χ1) is 18.8. The molecule has 0 rings (SSSR count). The molecule has 0 aliphatic rings. The van der Waals surface area contributed by atoms with Crippen LogP contribution in [0.25, 0.3) is 10.4 Å². The van der Waals surface area contributed by atoms with E-state index in [0.29, 0.717) is 6.42 Å². The molecule has 11 nitrogen and oxygen atoms in total. The van der Waals surface area contributed by atoms with E-state index in [1.165, 1.54) is 44.9 Å². The van der Waals surface area contributed by atoms with Gasteiger partial charge in [-0.1, -0.05) is 76.2 Å². The number of hydrogen-bond donors (Lipinski definition) is 0. The summed E-state index contributed by atoms with van der Waals surface area (Å²) in [6.07, 6.45) is 12.3. The summed E-state index contributed by atoms with van der Waals surface area (Å²) in [6, 6.07) is 0. The van der Waals surface area contributed by atoms with E-state index in [2.05, 4.69) is 16.9 Å². The highest BCUT2D eigenvalue weighted by molar-refractivity contribution is 7.74. The van der Waals surface area contributed by atoms with Gasteiger partial charge in [0.2, 0.25) is 0 Å². The quantitative estimate of drug-likeness (QED) is 0.0227. The highest BCUT2D eigenvalue weighted by Gasteiger charge is 2.68. The fraction of sp³-hybridized carbons (Fsp3) is 0.962. The minimum atomic E-state index is -4.40. The molecule has 0 unspecified atom stereocenters. The molecule has 13 heteroatoms. The lowest BCUT2D eigenvalue weighted by atomic mass is 10.1. The van der Waals surface area contributed by atoms with Gasteiger partial charge in [-0.25, -0.2) is 0 Å². The third-order valence-electron chi connectivity index (χ3n) is 6.14. The van der Waals surface area contributed by atoms with Crippen LogP contribution in [0.4, 0.5) is 0 Å². The van der Waals surface area contributed by atoms with Crippen LogP contribution < -0.4 is 0 Å². The number of unbranched alkanes of at least 4 members (excludes halogenated alkanes) is 10. The third kappa shape index (κ3) is 13.5. The van der Waals surface area contributed by atoms with E-state index in [0.717, 1.165) is 19.3 Å². The summed E-state index contributed by atoms with van der Waals surface area (Å²) < 4.78 is 56.6. The molecule has 0 N–H and O–H groups in total. The van der Waals surface area contributed by atoms with Crippen molar-refractivity contribution in [2.24, 2.45) is 5.11 Å². The second-order valence-corrected chi connectivity index (χ2v) is 14.0. The topological polar surface area (TPSA) is 146 Å². The van der Waals surface area contributed by atoms with Gasteiger partial charge < -0.3 is 22.8 Å². The number of rotatable bonds is 27. The maximum atomic E-state index is 14.2. The Balaban J connectivity index is 5.62. The molecule has 0 atom stereocenters. The van der Waals surface area contributed by atoms with Crippen LogP contribution in [0.3, 0.4) is 0 Å². The molecule has 0 saturated heterocycles. The first-order valence-electron chi connectivity index (χ1n) is 14.8. The van der Waals surface area contributed by atoms with Crippen LogP contribution in [0, 0.1) is 0 Å². The molecule has 0 aromatic carbocycles. The molecule has 0 aliphatic carbocycles. The zero-order valence-corrected chi connectivity index (χ0v) is 26.7. The summed E-state index contributed by atoms with van der Waals surface area (Å²) in [7, 11) is -8.81. The second-order valence-electron chi connectivity index (χ2n) is 9.23. The van der Waals surface area contributed by atoms with Gasteiger partial charge in [0, 0.05) is 24.3 Å². The van der Waals surface area contributed by atoms with E-state index in [4.69, 9.17) is 28.4 Å². The van der Waals surface area contributed by atoms with Gasteiger partial charge in [-0.05, 0) is 46.1 Å². The largest absolute Gasteiger partial charge is 0.433 e. The van der Waals surface area contributed by atoms with Gasteiger partial charge in [-0.15, -0.1) is 0 Å². The van der Waals surface area contributed by atoms with E-state index in [9.17, 15) is 13.9 Å². The Kier molecular flexibility index (Phi) is 22.2. The molecule has 0 bridgehead atoms. The van der Waals surface area contributed by atoms with Crippen LogP contribution in [-0.4, -0.2) is 44.0 Å². The van der Waals surface area contributed by atoms with Gasteiger partial charge in [0.1, 0.15) is 0 Å². The van der Waals surface area contributed by atoms with Crippen molar-refractivity contribution in [2.75, 3.05) is 33.0 Å². The van der Waals surface area contributed by atoms with Gasteiger partial charge in [-0.2, -0.15) is 0 Å². The number of esters is 1. The van der Waals surface area contributed by atoms with Gasteiger partial charge in [0.25, 0.3) is 0 Å². The standard InChI is InChI=1S/C26H53N3O8P2/c1-6-11-12-13-14-15-16-17-18-19-20-22-25(30)37-26(23-21-24-28-29-27,38(31,33-7-2)34-8-3)39(32,35-9-4)36-10-5/h6-24H2,1-5H3. The number of azide groups is 1. The number of ether oxygens (including phenoxy) is 1. The van der Waals surface area contributed by atoms with Crippen molar-refractivity contribution in [1.82, 2.24) is 0 Å². The van der Waals surface area contributed by atoms with Crippen LogP contribution in [0.2, 0.25) is 0 Å². The van der Waals surface area contributed by atoms with E-state index < -0.39 is 26.2 Å². The first-order valence-corrected chi connectivity index (χ1v) is 17.9. The number of carbonyl (C=O) groups is 1. The molecular formula is C26H53N3O8P2. The summed E-state index contributed by atoms with van der Waals surface area (Å²) in [5.74, 6) is -0.686. The number of hydrogen-bond acceptors (Lipinski definition) is 9. The van der Waals surface area contributed by atoms with Crippen molar-refractivity contribution >= 4 is 21.2 Å². The molecule has 39 heavy (non-hydrogen) atoms. The zero-order chi connectivity index (χ0) is 29.5. The van der Waals surface area contributed by atoms with Crippen molar-refractivity contribution in [3.63, 3.8) is 0 Å². The number of nitrogens with zero attached hydrogens (tertiary/aromatic N) is 3. The van der Waals surface area contributed by atoms with E-state index >= 15 is 0 Å². The van der Waals surface area contributed by atoms with Gasteiger partial charge in [0.15, 0.2) is 0 Å². The van der Waals surface area contributed by atoms with Crippen molar-refractivity contribution in [3.05, 3.63) is 10.4 Å². The summed E-state index contributed by atoms with van der Waals surface area (Å²) in [5, 5.41) is 1.17. The van der Waals surface area contributed by atoms with Crippen LogP contribution in [0.1, 0.15) is 125 Å². The van der Waals surface area contributed by atoms with Gasteiger partial charge >= 0.3 is 26.2 Å². The van der Waals surface area contributed by atoms with E-state index in [-0.39, 0.29) is 52.2 Å². The fourth-order valence-electron chi connectivity index (χ4n) is 4.34. The Hall–Kier alpha value is -0.920. The smallest absolute Gasteiger partial charge is 0.386 e. The molecule has 230 valence electrons. The van der Waals surface area contributed by atoms with Gasteiger partial charge in [-0.3, -0.25) is 13.9 Å². The number of carbonyl (C=O) groups excluding carboxylic acids is 1. The Labute approximate surface area is 236 Å². The molecule has 0 radical (unpaired) electrons. The Bertz CT molecular complexity index is 743. The lowest BCUT2D eigenvalue weighted by Crippen LogP contribution is -2.38. The SMILES string of the molecule is CCCCCCCCCCCCCC(=O)OC(CCCN=[N+]=[N-])(P(=O)(OCC)OCC)P(=O)(OCC)OCC. The van der Waals surface area contributed by atoms with Crippen molar-refractivity contribution in [2.45, 2.75) is 130 Å². The maximum Gasteiger partial charge on any atom is 0.386 e. The summed E-state index contributed by atoms with van der Waals surface area (Å²) in [4.78, 5) is 15.9. The monoisotopic (exact) mass is 597 g/mol. The molecule has 0 amide bonds. The van der Waals surface area contributed by atoms with Crippen LogP contribution in [0.5, 0.6) is 0 Å². The minimum absolute atomic E-state index is 0.00902. The average molecular weight is 598 g/mol. The van der Waals surface area contributed by atoms with Crippen LogP contribution >= 0.6 is 15.2 Å². The average Bonchev–Trinajstić information content (AvgIpc) is 2.89. The van der Waals surface area contributed by atoms with E-state index in [1.807, 2.05) is 0 Å². The fourth-order valence-corrected chi connectivity index (χ4v) is 9.84. The third-order valence-corrected chi connectivity index (χ3v) is 12.3. The molecule has 0 heterocycles. The van der Waals surface area contributed by atoms with Crippen molar-refractivity contribution in [3.8, 4) is 0 Å². The summed E-state index contributed by atoms with van der Waals surface area (Å²) in [6.45, 7) is 8.43. The molecule has 0 saturated carbocycles. The molecule has 0 aliphatic heterocycles. The van der Waals surface area contributed by atoms with Crippen molar-refractivity contribution < 1.29 is 36.8 Å². The highest BCUT2D eigenvalue weighted by atomic mass is 31.2. The summed E-state index contributed by atoms with van der Waals surface area (Å²) >= 11 is 0. The first kappa shape index (κ1) is 38.1. The van der Waals surface area contributed by atoms with E-state index in [1.54, 1.807) is 27.7 Å². The Morgan fingerprint density at radius 2 is 1.10 bits per heavy atom. The predicted molar refractivity (Wildman–Crippen MR) is 155 cm³/mol. The lowest BCUT2D eigenvalue weighted by Gasteiger charge is -2.41. The zero-order valence-electron chi connectivity index (χ0n) is 24.9. The lowest BCUT2D eigenvalue weighted by molar-refractivity contribution is -0.150. The minimum Gasteiger partial charge on any atom is -0.433 e. The Morgan fingerprint density at radius 1 is 0.692 bits per heavy atom. The van der Waals surface area contributed by atoms with Crippen molar-refractivity contribution in [1.29, 1.82) is 0 Å². The molecule has 0 fully saturated rings.